The quantitative estimate of drug-likeness (QED) is 0.634. The minimum absolute atomic E-state index is 0.189. The Hall–Kier alpha value is -1.84. The first-order valence-electron chi connectivity index (χ1n) is 8.19. The van der Waals surface area contributed by atoms with E-state index in [9.17, 15) is 0 Å². The van der Waals surface area contributed by atoms with Crippen LogP contribution in [-0.2, 0) is 5.41 Å². The van der Waals surface area contributed by atoms with Gasteiger partial charge in [-0.1, -0.05) is 12.1 Å². The molecule has 2 N–H and O–H groups in total. The van der Waals surface area contributed by atoms with E-state index in [0.717, 1.165) is 30.6 Å². The van der Waals surface area contributed by atoms with Crippen molar-refractivity contribution in [3.63, 3.8) is 0 Å². The second kappa shape index (κ2) is 5.11. The number of benzene rings is 1. The molecule has 0 saturated heterocycles. The van der Waals surface area contributed by atoms with Gasteiger partial charge in [0.25, 0.3) is 0 Å². The van der Waals surface area contributed by atoms with Crippen molar-refractivity contribution in [3.05, 3.63) is 23.8 Å². The van der Waals surface area contributed by atoms with Gasteiger partial charge in [-0.15, -0.1) is 0 Å². The van der Waals surface area contributed by atoms with E-state index in [1.165, 1.54) is 44.1 Å². The van der Waals surface area contributed by atoms with Crippen LogP contribution in [0.3, 0.4) is 0 Å². The molecule has 4 bridgehead atoms. The summed E-state index contributed by atoms with van der Waals surface area (Å²) in [5.74, 6) is 3.75. The highest BCUT2D eigenvalue weighted by Crippen LogP contribution is 2.62. The molecule has 116 valence electrons. The van der Waals surface area contributed by atoms with Gasteiger partial charge in [-0.2, -0.15) is 0 Å². The van der Waals surface area contributed by atoms with Crippen LogP contribution in [0.25, 0.3) is 0 Å². The first-order chi connectivity index (χ1) is 10.7. The van der Waals surface area contributed by atoms with Crippen LogP contribution in [0.1, 0.15) is 44.1 Å². The number of hydrogen-bond acceptors (Lipinski definition) is 4. The molecule has 0 amide bonds. The summed E-state index contributed by atoms with van der Waals surface area (Å²) < 4.78 is 10.8. The zero-order chi connectivity index (χ0) is 15.2. The van der Waals surface area contributed by atoms with E-state index in [-0.39, 0.29) is 5.41 Å². The van der Waals surface area contributed by atoms with E-state index in [4.69, 9.17) is 20.3 Å². The Balaban J connectivity index is 1.80. The summed E-state index contributed by atoms with van der Waals surface area (Å²) >= 11 is 0. The molecule has 0 atom stereocenters. The third-order valence-corrected chi connectivity index (χ3v) is 5.95. The van der Waals surface area contributed by atoms with Gasteiger partial charge < -0.3 is 9.47 Å². The lowest BCUT2D eigenvalue weighted by molar-refractivity contribution is -0.00591. The molecule has 1 aromatic rings. The maximum atomic E-state index is 7.34. The Morgan fingerprint density at radius 2 is 1.50 bits per heavy atom. The second-order valence-corrected chi connectivity index (χ2v) is 7.30. The SMILES string of the molecule is N=COc1cccc(C23CC4CC(CC(C4)C2)C3)c1OC=N. The van der Waals surface area contributed by atoms with Gasteiger partial charge in [-0.3, -0.25) is 10.8 Å². The van der Waals surface area contributed by atoms with Crippen molar-refractivity contribution in [1.29, 1.82) is 10.8 Å². The van der Waals surface area contributed by atoms with Gasteiger partial charge in [0.05, 0.1) is 0 Å². The monoisotopic (exact) mass is 298 g/mol. The first kappa shape index (κ1) is 13.8. The molecule has 0 spiro atoms. The summed E-state index contributed by atoms with van der Waals surface area (Å²) in [6, 6.07) is 5.94. The summed E-state index contributed by atoms with van der Waals surface area (Å²) in [6.45, 7) is 0. The fourth-order valence-corrected chi connectivity index (χ4v) is 5.71. The fourth-order valence-electron chi connectivity index (χ4n) is 5.71. The second-order valence-electron chi connectivity index (χ2n) is 7.30. The average molecular weight is 298 g/mol. The minimum Gasteiger partial charge on any atom is -0.442 e. The van der Waals surface area contributed by atoms with Crippen LogP contribution in [0.5, 0.6) is 11.5 Å². The Morgan fingerprint density at radius 1 is 0.909 bits per heavy atom. The number of ether oxygens (including phenoxy) is 2. The summed E-state index contributed by atoms with van der Waals surface area (Å²) in [7, 11) is 0. The molecule has 0 aromatic heterocycles. The predicted octanol–water partition coefficient (Wildman–Crippen LogP) is 4.13. The van der Waals surface area contributed by atoms with E-state index in [0.29, 0.717) is 11.5 Å². The minimum atomic E-state index is 0.189. The topological polar surface area (TPSA) is 66.2 Å². The van der Waals surface area contributed by atoms with Crippen LogP contribution in [0, 0.1) is 28.6 Å². The van der Waals surface area contributed by atoms with Crippen LogP contribution in [0.2, 0.25) is 0 Å². The van der Waals surface area contributed by atoms with Crippen LogP contribution in [0.15, 0.2) is 18.2 Å². The summed E-state index contributed by atoms with van der Waals surface area (Å²) in [5.41, 5.74) is 1.38. The highest BCUT2D eigenvalue weighted by Gasteiger charge is 2.52. The van der Waals surface area contributed by atoms with Gasteiger partial charge in [0, 0.05) is 5.56 Å². The molecule has 1 aromatic carbocycles. The molecule has 5 rings (SSSR count). The van der Waals surface area contributed by atoms with Gasteiger partial charge in [0.2, 0.25) is 0 Å². The molecule has 4 aliphatic rings. The third-order valence-electron chi connectivity index (χ3n) is 5.95. The highest BCUT2D eigenvalue weighted by atomic mass is 16.5. The van der Waals surface area contributed by atoms with Gasteiger partial charge in [-0.25, -0.2) is 0 Å². The maximum Gasteiger partial charge on any atom is 0.175 e. The van der Waals surface area contributed by atoms with Crippen molar-refractivity contribution in [2.75, 3.05) is 0 Å². The average Bonchev–Trinajstić information content (AvgIpc) is 2.48. The molecule has 4 saturated carbocycles. The standard InChI is InChI=1S/C18H22N2O2/c19-10-21-16-3-1-2-15(17(16)22-11-20)18-7-12-4-13(8-18)6-14(5-12)9-18/h1-3,10-14,19-20H,4-9H2. The summed E-state index contributed by atoms with van der Waals surface area (Å²) in [6.07, 6.45) is 9.81. The normalized spacial score (nSPS) is 35.2. The van der Waals surface area contributed by atoms with E-state index in [2.05, 4.69) is 6.07 Å². The van der Waals surface area contributed by atoms with E-state index in [1.807, 2.05) is 12.1 Å². The third kappa shape index (κ3) is 2.04. The summed E-state index contributed by atoms with van der Waals surface area (Å²) in [4.78, 5) is 0. The smallest absolute Gasteiger partial charge is 0.175 e. The number of nitrogens with one attached hydrogen (secondary N) is 2. The van der Waals surface area contributed by atoms with Crippen molar-refractivity contribution in [1.82, 2.24) is 0 Å². The van der Waals surface area contributed by atoms with Gasteiger partial charge in [-0.05, 0) is 67.8 Å². The molecule has 4 nitrogen and oxygen atoms in total. The number of hydrogen-bond donors (Lipinski definition) is 2. The van der Waals surface area contributed by atoms with Crippen LogP contribution >= 0.6 is 0 Å². The Kier molecular flexibility index (Phi) is 3.21. The van der Waals surface area contributed by atoms with Gasteiger partial charge in [0.15, 0.2) is 24.3 Å². The molecule has 22 heavy (non-hydrogen) atoms. The van der Waals surface area contributed by atoms with Crippen LogP contribution in [-0.4, -0.2) is 12.8 Å². The Labute approximate surface area is 130 Å². The number of para-hydroxylation sites is 1. The van der Waals surface area contributed by atoms with Crippen molar-refractivity contribution >= 4 is 12.8 Å². The first-order valence-corrected chi connectivity index (χ1v) is 8.19. The van der Waals surface area contributed by atoms with Gasteiger partial charge in [0.1, 0.15) is 0 Å². The molecule has 0 heterocycles. The maximum absolute atomic E-state index is 7.34. The molecule has 4 aliphatic carbocycles. The van der Waals surface area contributed by atoms with Crippen LogP contribution in [0.4, 0.5) is 0 Å². The molecule has 0 unspecified atom stereocenters. The molecule has 0 radical (unpaired) electrons. The highest BCUT2D eigenvalue weighted by molar-refractivity contribution is 5.61. The molecule has 4 fully saturated rings. The predicted molar refractivity (Wildman–Crippen MR) is 85.1 cm³/mol. The lowest BCUT2D eigenvalue weighted by Gasteiger charge is -2.57. The molecule has 4 heteroatoms. The van der Waals surface area contributed by atoms with Crippen molar-refractivity contribution < 1.29 is 9.47 Å². The Bertz CT molecular complexity index is 576. The summed E-state index contributed by atoms with van der Waals surface area (Å²) in [5, 5.41) is 14.5. The molecule has 0 aliphatic heterocycles. The van der Waals surface area contributed by atoms with E-state index in [1.54, 1.807) is 0 Å². The Morgan fingerprint density at radius 3 is 2.05 bits per heavy atom. The zero-order valence-electron chi connectivity index (χ0n) is 12.7. The number of rotatable bonds is 5. The lowest BCUT2D eigenvalue weighted by Crippen LogP contribution is -2.48. The van der Waals surface area contributed by atoms with Crippen molar-refractivity contribution in [3.8, 4) is 11.5 Å². The van der Waals surface area contributed by atoms with Crippen molar-refractivity contribution in [2.24, 2.45) is 17.8 Å². The van der Waals surface area contributed by atoms with Crippen LogP contribution < -0.4 is 9.47 Å². The zero-order valence-corrected chi connectivity index (χ0v) is 12.7. The van der Waals surface area contributed by atoms with Crippen molar-refractivity contribution in [2.45, 2.75) is 43.9 Å². The van der Waals surface area contributed by atoms with E-state index < -0.39 is 0 Å². The molecular weight excluding hydrogens is 276 g/mol. The van der Waals surface area contributed by atoms with E-state index >= 15 is 0 Å². The molecular formula is C18H22N2O2. The fraction of sp³-hybridized carbons (Fsp3) is 0.556. The largest absolute Gasteiger partial charge is 0.442 e. The lowest BCUT2D eigenvalue weighted by atomic mass is 9.48. The van der Waals surface area contributed by atoms with Gasteiger partial charge >= 0.3 is 0 Å².